The summed E-state index contributed by atoms with van der Waals surface area (Å²) >= 11 is 1.64. The van der Waals surface area contributed by atoms with Crippen LogP contribution >= 0.6 is 11.3 Å². The largest absolute Gasteiger partial charge is 0.324 e. The molecule has 3 N–H and O–H groups in total. The number of carbonyl (C=O) groups excluding carboxylic acids is 1. The highest BCUT2D eigenvalue weighted by Gasteiger charge is 2.25. The second-order valence-corrected chi connectivity index (χ2v) is 9.68. The van der Waals surface area contributed by atoms with Gasteiger partial charge in [-0.3, -0.25) is 14.9 Å². The van der Waals surface area contributed by atoms with Gasteiger partial charge in [-0.1, -0.05) is 6.42 Å². The molecule has 1 aliphatic carbocycles. The van der Waals surface area contributed by atoms with Crippen LogP contribution in [0.5, 0.6) is 0 Å². The Bertz CT molecular complexity index is 1730. The molecule has 176 valence electrons. The van der Waals surface area contributed by atoms with Crippen LogP contribution in [0.25, 0.3) is 56.1 Å². The third-order valence-electron chi connectivity index (χ3n) is 6.63. The van der Waals surface area contributed by atoms with Gasteiger partial charge in [0.25, 0.3) is 0 Å². The van der Waals surface area contributed by atoms with Crippen LogP contribution in [0.2, 0.25) is 0 Å². The molecule has 0 saturated heterocycles. The average molecular weight is 493 g/mol. The lowest BCUT2D eigenvalue weighted by Gasteiger charge is -2.24. The van der Waals surface area contributed by atoms with Crippen molar-refractivity contribution in [3.63, 3.8) is 0 Å². The highest BCUT2D eigenvalue weighted by atomic mass is 32.1. The maximum Gasteiger partial charge on any atom is 0.227 e. The summed E-state index contributed by atoms with van der Waals surface area (Å²) in [7, 11) is 0. The molecule has 0 radical (unpaired) electrons. The molecular weight excluding hydrogens is 472 g/mol. The van der Waals surface area contributed by atoms with Crippen LogP contribution in [0.15, 0.2) is 59.7 Å². The lowest BCUT2D eigenvalue weighted by Crippen LogP contribution is -2.28. The number of pyridine rings is 3. The molecule has 1 saturated carbocycles. The highest BCUT2D eigenvalue weighted by Crippen LogP contribution is 2.32. The predicted octanol–water partition coefficient (Wildman–Crippen LogP) is 5.43. The highest BCUT2D eigenvalue weighted by molar-refractivity contribution is 7.08. The minimum Gasteiger partial charge on any atom is -0.324 e. The van der Waals surface area contributed by atoms with Gasteiger partial charge in [0, 0.05) is 29.4 Å². The zero-order valence-electron chi connectivity index (χ0n) is 19.0. The number of nitrogens with zero attached hydrogens (tertiary/aromatic N) is 5. The van der Waals surface area contributed by atoms with Crippen molar-refractivity contribution in [3.8, 4) is 33.9 Å². The number of carbonyl (C=O) groups is 1. The van der Waals surface area contributed by atoms with Gasteiger partial charge in [0.05, 0.1) is 23.1 Å². The number of aromatic amines is 2. The van der Waals surface area contributed by atoms with Crippen molar-refractivity contribution < 1.29 is 4.79 Å². The zero-order chi connectivity index (χ0) is 24.1. The summed E-state index contributed by atoms with van der Waals surface area (Å²) in [6.07, 6.45) is 8.20. The number of anilines is 1. The van der Waals surface area contributed by atoms with Gasteiger partial charge in [-0.05, 0) is 59.5 Å². The molecule has 0 atom stereocenters. The van der Waals surface area contributed by atoms with E-state index in [2.05, 4.69) is 41.9 Å². The Balaban J connectivity index is 1.26. The van der Waals surface area contributed by atoms with Crippen LogP contribution in [-0.2, 0) is 4.79 Å². The molecule has 6 aromatic heterocycles. The Kier molecular flexibility index (Phi) is 4.84. The van der Waals surface area contributed by atoms with Crippen LogP contribution in [-0.4, -0.2) is 41.0 Å². The van der Waals surface area contributed by atoms with E-state index in [-0.39, 0.29) is 11.8 Å². The monoisotopic (exact) mass is 492 g/mol. The first kappa shape index (κ1) is 20.9. The Morgan fingerprint density at radius 1 is 1.06 bits per heavy atom. The van der Waals surface area contributed by atoms with Crippen molar-refractivity contribution >= 4 is 45.1 Å². The first-order valence-corrected chi connectivity index (χ1v) is 12.7. The summed E-state index contributed by atoms with van der Waals surface area (Å²) in [6.45, 7) is 0. The van der Waals surface area contributed by atoms with Crippen molar-refractivity contribution in [2.24, 2.45) is 5.92 Å². The summed E-state index contributed by atoms with van der Waals surface area (Å²) in [5.41, 5.74) is 7.91. The van der Waals surface area contributed by atoms with Gasteiger partial charge in [-0.25, -0.2) is 15.0 Å². The van der Waals surface area contributed by atoms with Gasteiger partial charge in [-0.15, -0.1) is 0 Å². The maximum atomic E-state index is 12.4. The van der Waals surface area contributed by atoms with Crippen molar-refractivity contribution in [2.75, 3.05) is 5.32 Å². The van der Waals surface area contributed by atoms with Gasteiger partial charge in [0.1, 0.15) is 11.0 Å². The summed E-state index contributed by atoms with van der Waals surface area (Å²) in [5.74, 6) is 0.756. The van der Waals surface area contributed by atoms with E-state index >= 15 is 0 Å². The molecule has 6 heterocycles. The number of thiophene rings is 1. The second kappa shape index (κ2) is 8.35. The molecule has 1 amide bonds. The molecule has 0 spiro atoms. The fraction of sp³-hybridized carbons (Fsp3) is 0.154. The molecule has 0 unspecified atom stereocenters. The fourth-order valence-electron chi connectivity index (χ4n) is 4.46. The topological polar surface area (TPSA) is 125 Å². The van der Waals surface area contributed by atoms with Crippen LogP contribution in [0.3, 0.4) is 0 Å². The predicted molar refractivity (Wildman–Crippen MR) is 139 cm³/mol. The molecule has 0 aliphatic heterocycles. The van der Waals surface area contributed by atoms with Gasteiger partial charge >= 0.3 is 0 Å². The van der Waals surface area contributed by atoms with Crippen LogP contribution < -0.4 is 5.32 Å². The van der Waals surface area contributed by atoms with Gasteiger partial charge in [-0.2, -0.15) is 16.4 Å². The van der Waals surface area contributed by atoms with Gasteiger partial charge < -0.3 is 10.3 Å². The normalized spacial score (nSPS) is 13.8. The number of fused-ring (bicyclic) bond motifs is 2. The smallest absolute Gasteiger partial charge is 0.227 e. The number of aromatic nitrogens is 7. The standard InChI is InChI=1S/C26H20N8OS/c35-26(14-2-1-3-14)29-17-10-16(11-27-12-17)19-4-5-20-22(30-19)23(34-33-20)25-31-21-18(15-7-9-36-13-15)6-8-28-24(21)32-25/h4-14H,1-3H2,(H,29,35)(H,33,34)(H,28,31,32). The summed E-state index contributed by atoms with van der Waals surface area (Å²) in [5, 5.41) is 14.7. The molecule has 9 nitrogen and oxygen atoms in total. The number of hydrogen-bond acceptors (Lipinski definition) is 7. The van der Waals surface area contributed by atoms with Crippen molar-refractivity contribution in [3.05, 3.63) is 59.7 Å². The minimum absolute atomic E-state index is 0.0565. The van der Waals surface area contributed by atoms with E-state index in [1.54, 1.807) is 29.9 Å². The third-order valence-corrected chi connectivity index (χ3v) is 7.31. The summed E-state index contributed by atoms with van der Waals surface area (Å²) in [4.78, 5) is 34.2. The first-order chi connectivity index (χ1) is 17.7. The van der Waals surface area contributed by atoms with E-state index in [0.717, 1.165) is 52.7 Å². The number of rotatable bonds is 5. The molecule has 1 fully saturated rings. The Morgan fingerprint density at radius 2 is 2.00 bits per heavy atom. The van der Waals surface area contributed by atoms with E-state index in [0.29, 0.717) is 28.4 Å². The molecule has 6 aromatic rings. The van der Waals surface area contributed by atoms with Crippen LogP contribution in [0.1, 0.15) is 19.3 Å². The molecule has 7 rings (SSSR count). The third kappa shape index (κ3) is 3.54. The second-order valence-electron chi connectivity index (χ2n) is 8.90. The number of amides is 1. The van der Waals surface area contributed by atoms with Crippen LogP contribution in [0.4, 0.5) is 5.69 Å². The molecule has 1 aliphatic rings. The number of nitrogens with one attached hydrogen (secondary N) is 3. The van der Waals surface area contributed by atoms with E-state index in [4.69, 9.17) is 9.97 Å². The fourth-order valence-corrected chi connectivity index (χ4v) is 5.12. The van der Waals surface area contributed by atoms with E-state index in [1.807, 2.05) is 29.6 Å². The molecule has 0 bridgehead atoms. The van der Waals surface area contributed by atoms with Gasteiger partial charge in [0.2, 0.25) is 5.91 Å². The first-order valence-electron chi connectivity index (χ1n) is 11.7. The van der Waals surface area contributed by atoms with Gasteiger partial charge in [0.15, 0.2) is 17.2 Å². The number of hydrogen-bond donors (Lipinski definition) is 3. The lowest BCUT2D eigenvalue weighted by molar-refractivity contribution is -0.122. The van der Waals surface area contributed by atoms with Crippen molar-refractivity contribution in [2.45, 2.75) is 19.3 Å². The number of imidazole rings is 1. The summed E-state index contributed by atoms with van der Waals surface area (Å²) in [6, 6.07) is 9.79. The molecule has 10 heteroatoms. The molecule has 0 aromatic carbocycles. The van der Waals surface area contributed by atoms with E-state index < -0.39 is 0 Å². The Labute approximate surface area is 209 Å². The van der Waals surface area contributed by atoms with E-state index in [9.17, 15) is 4.79 Å². The number of H-pyrrole nitrogens is 2. The maximum absolute atomic E-state index is 12.4. The minimum atomic E-state index is 0.0565. The van der Waals surface area contributed by atoms with Crippen LogP contribution in [0, 0.1) is 5.92 Å². The average Bonchev–Trinajstić information content (AvgIpc) is 3.61. The lowest BCUT2D eigenvalue weighted by atomic mass is 9.85. The SMILES string of the molecule is O=C(Nc1cncc(-c2ccc3[nH]nc(-c4nc5c(-c6ccsc6)ccnc5[nH]4)c3n2)c1)C1CCC1. The molecular formula is C26H20N8OS. The molecule has 36 heavy (non-hydrogen) atoms. The van der Waals surface area contributed by atoms with Crippen molar-refractivity contribution in [1.82, 2.24) is 35.1 Å². The quantitative estimate of drug-likeness (QED) is 0.295. The summed E-state index contributed by atoms with van der Waals surface area (Å²) < 4.78 is 0. The zero-order valence-corrected chi connectivity index (χ0v) is 19.8. The Hall–Kier alpha value is -4.44. The van der Waals surface area contributed by atoms with Crippen molar-refractivity contribution in [1.29, 1.82) is 0 Å². The Morgan fingerprint density at radius 3 is 2.83 bits per heavy atom. The van der Waals surface area contributed by atoms with E-state index in [1.165, 1.54) is 0 Å².